The Kier molecular flexibility index (Phi) is 6.41. The monoisotopic (exact) mass is 255 g/mol. The second-order valence-electron chi connectivity index (χ2n) is 5.66. The van der Waals surface area contributed by atoms with E-state index in [2.05, 4.69) is 22.6 Å². The molecule has 0 aromatic heterocycles. The topological polar surface area (TPSA) is 36.5 Å². The van der Waals surface area contributed by atoms with E-state index >= 15 is 0 Å². The minimum atomic E-state index is 0.773. The van der Waals surface area contributed by atoms with Crippen LogP contribution in [-0.2, 0) is 4.74 Å². The second kappa shape index (κ2) is 8.10. The summed E-state index contributed by atoms with van der Waals surface area (Å²) >= 11 is 0. The third-order valence-electron chi connectivity index (χ3n) is 4.40. The van der Waals surface area contributed by atoms with E-state index in [1.807, 2.05) is 0 Å². The van der Waals surface area contributed by atoms with Crippen molar-refractivity contribution >= 4 is 0 Å². The van der Waals surface area contributed by atoms with Gasteiger partial charge < -0.3 is 15.4 Å². The van der Waals surface area contributed by atoms with Gasteiger partial charge in [-0.1, -0.05) is 0 Å². The zero-order chi connectivity index (χ0) is 12.6. The average molecular weight is 255 g/mol. The first-order valence-electron chi connectivity index (χ1n) is 7.56. The first-order chi connectivity index (χ1) is 8.88. The molecular weight excluding hydrogens is 226 g/mol. The summed E-state index contributed by atoms with van der Waals surface area (Å²) in [5.74, 6) is 0.902. The van der Waals surface area contributed by atoms with Gasteiger partial charge in [-0.3, -0.25) is 4.90 Å². The van der Waals surface area contributed by atoms with Crippen LogP contribution in [0, 0.1) is 5.92 Å². The van der Waals surface area contributed by atoms with Crippen LogP contribution in [-0.4, -0.2) is 63.9 Å². The molecule has 1 saturated carbocycles. The molecule has 2 rings (SSSR count). The Hall–Kier alpha value is -0.160. The highest BCUT2D eigenvalue weighted by atomic mass is 16.5. The molecule has 0 radical (unpaired) electrons. The van der Waals surface area contributed by atoms with Crippen LogP contribution in [0.15, 0.2) is 0 Å². The Morgan fingerprint density at radius 2 is 1.83 bits per heavy atom. The van der Waals surface area contributed by atoms with Gasteiger partial charge in [-0.2, -0.15) is 0 Å². The largest absolute Gasteiger partial charge is 0.379 e. The van der Waals surface area contributed by atoms with E-state index in [0.29, 0.717) is 0 Å². The van der Waals surface area contributed by atoms with Crippen molar-refractivity contribution in [3.05, 3.63) is 0 Å². The molecule has 1 aliphatic heterocycles. The van der Waals surface area contributed by atoms with Crippen molar-refractivity contribution in [2.75, 3.05) is 53.0 Å². The molecule has 0 aromatic carbocycles. The van der Waals surface area contributed by atoms with E-state index in [9.17, 15) is 0 Å². The van der Waals surface area contributed by atoms with Gasteiger partial charge in [-0.05, 0) is 45.2 Å². The summed E-state index contributed by atoms with van der Waals surface area (Å²) in [7, 11) is 2.09. The van der Waals surface area contributed by atoms with E-state index in [1.54, 1.807) is 0 Å². The predicted octanol–water partition coefficient (Wildman–Crippen LogP) is 0.686. The van der Waals surface area contributed by atoms with E-state index in [-0.39, 0.29) is 0 Å². The fraction of sp³-hybridized carbons (Fsp3) is 1.00. The maximum Gasteiger partial charge on any atom is 0.0594 e. The second-order valence-corrected chi connectivity index (χ2v) is 5.66. The van der Waals surface area contributed by atoms with Crippen molar-refractivity contribution in [3.8, 4) is 0 Å². The molecule has 2 N–H and O–H groups in total. The predicted molar refractivity (Wildman–Crippen MR) is 74.9 cm³/mol. The lowest BCUT2D eigenvalue weighted by Gasteiger charge is -2.29. The first kappa shape index (κ1) is 14.3. The Labute approximate surface area is 111 Å². The van der Waals surface area contributed by atoms with Gasteiger partial charge in [0.05, 0.1) is 13.2 Å². The molecule has 4 heteroatoms. The Bertz CT molecular complexity index is 211. The van der Waals surface area contributed by atoms with Crippen LogP contribution < -0.4 is 10.6 Å². The molecule has 106 valence electrons. The highest BCUT2D eigenvalue weighted by Gasteiger charge is 2.19. The fourth-order valence-electron chi connectivity index (χ4n) is 3.02. The molecule has 0 aromatic rings. The maximum atomic E-state index is 5.35. The Morgan fingerprint density at radius 1 is 1.11 bits per heavy atom. The lowest BCUT2D eigenvalue weighted by molar-refractivity contribution is 0.0383. The molecule has 2 aliphatic rings. The molecule has 1 saturated heterocycles. The molecule has 4 nitrogen and oxygen atoms in total. The molecule has 0 bridgehead atoms. The van der Waals surface area contributed by atoms with Crippen LogP contribution in [0.25, 0.3) is 0 Å². The number of nitrogens with zero attached hydrogens (tertiary/aromatic N) is 1. The third-order valence-corrected chi connectivity index (χ3v) is 4.40. The van der Waals surface area contributed by atoms with E-state index in [1.165, 1.54) is 38.8 Å². The summed E-state index contributed by atoms with van der Waals surface area (Å²) < 4.78 is 5.35. The number of nitrogens with one attached hydrogen (secondary N) is 2. The van der Waals surface area contributed by atoms with Gasteiger partial charge in [-0.25, -0.2) is 0 Å². The minimum Gasteiger partial charge on any atom is -0.379 e. The van der Waals surface area contributed by atoms with Gasteiger partial charge in [0, 0.05) is 32.2 Å². The number of morpholine rings is 1. The van der Waals surface area contributed by atoms with Crippen molar-refractivity contribution in [2.24, 2.45) is 5.92 Å². The summed E-state index contributed by atoms with van der Waals surface area (Å²) in [6, 6.07) is 0.773. The quantitative estimate of drug-likeness (QED) is 0.685. The van der Waals surface area contributed by atoms with Crippen LogP contribution >= 0.6 is 0 Å². The lowest BCUT2D eigenvalue weighted by Crippen LogP contribution is -2.41. The highest BCUT2D eigenvalue weighted by Crippen LogP contribution is 2.23. The van der Waals surface area contributed by atoms with Crippen molar-refractivity contribution in [2.45, 2.75) is 31.7 Å². The van der Waals surface area contributed by atoms with E-state index in [4.69, 9.17) is 4.74 Å². The van der Waals surface area contributed by atoms with Gasteiger partial charge in [0.1, 0.15) is 0 Å². The lowest BCUT2D eigenvalue weighted by atomic mass is 9.86. The Morgan fingerprint density at radius 3 is 2.50 bits per heavy atom. The molecular formula is C14H29N3O. The molecule has 0 amide bonds. The number of rotatable bonds is 6. The summed E-state index contributed by atoms with van der Waals surface area (Å²) in [6.07, 6.45) is 5.48. The number of hydrogen-bond acceptors (Lipinski definition) is 4. The summed E-state index contributed by atoms with van der Waals surface area (Å²) in [5.41, 5.74) is 0. The van der Waals surface area contributed by atoms with Gasteiger partial charge in [0.15, 0.2) is 0 Å². The van der Waals surface area contributed by atoms with Crippen LogP contribution in [0.3, 0.4) is 0 Å². The summed E-state index contributed by atoms with van der Waals surface area (Å²) in [6.45, 7) is 7.55. The zero-order valence-corrected chi connectivity index (χ0v) is 11.8. The molecule has 0 spiro atoms. The van der Waals surface area contributed by atoms with Gasteiger partial charge in [0.2, 0.25) is 0 Å². The molecule has 1 heterocycles. The van der Waals surface area contributed by atoms with Crippen molar-refractivity contribution in [1.82, 2.24) is 15.5 Å². The molecule has 0 atom stereocenters. The minimum absolute atomic E-state index is 0.773. The van der Waals surface area contributed by atoms with Gasteiger partial charge in [-0.15, -0.1) is 0 Å². The van der Waals surface area contributed by atoms with Gasteiger partial charge in [0.25, 0.3) is 0 Å². The number of ether oxygens (including phenoxy) is 1. The molecule has 0 unspecified atom stereocenters. The molecule has 1 aliphatic carbocycles. The van der Waals surface area contributed by atoms with E-state index < -0.39 is 0 Å². The highest BCUT2D eigenvalue weighted by molar-refractivity contribution is 4.77. The van der Waals surface area contributed by atoms with Gasteiger partial charge >= 0.3 is 0 Å². The van der Waals surface area contributed by atoms with Crippen molar-refractivity contribution < 1.29 is 4.74 Å². The first-order valence-corrected chi connectivity index (χ1v) is 7.56. The zero-order valence-electron chi connectivity index (χ0n) is 11.8. The SMILES string of the molecule is CNC1CCC(CNCCN2CCOCC2)CC1. The Balaban J connectivity index is 1.48. The van der Waals surface area contributed by atoms with E-state index in [0.717, 1.165) is 44.8 Å². The van der Waals surface area contributed by atoms with Crippen LogP contribution in [0.5, 0.6) is 0 Å². The van der Waals surface area contributed by atoms with Crippen LogP contribution in [0.1, 0.15) is 25.7 Å². The van der Waals surface area contributed by atoms with Crippen molar-refractivity contribution in [1.29, 1.82) is 0 Å². The summed E-state index contributed by atoms with van der Waals surface area (Å²) in [4.78, 5) is 2.49. The maximum absolute atomic E-state index is 5.35. The third kappa shape index (κ3) is 4.84. The fourth-order valence-corrected chi connectivity index (χ4v) is 3.02. The molecule has 18 heavy (non-hydrogen) atoms. The number of hydrogen-bond donors (Lipinski definition) is 2. The summed E-state index contributed by atoms with van der Waals surface area (Å²) in [5, 5.41) is 7.03. The molecule has 2 fully saturated rings. The smallest absolute Gasteiger partial charge is 0.0594 e. The average Bonchev–Trinajstić information content (AvgIpc) is 2.45. The normalized spacial score (nSPS) is 30.5. The standard InChI is InChI=1S/C14H29N3O/c1-15-14-4-2-13(3-5-14)12-16-6-7-17-8-10-18-11-9-17/h13-16H,2-12H2,1H3. The van der Waals surface area contributed by atoms with Crippen LogP contribution in [0.2, 0.25) is 0 Å². The van der Waals surface area contributed by atoms with Crippen molar-refractivity contribution in [3.63, 3.8) is 0 Å². The van der Waals surface area contributed by atoms with Crippen LogP contribution in [0.4, 0.5) is 0 Å².